The third kappa shape index (κ3) is 3.10. The van der Waals surface area contributed by atoms with Crippen molar-refractivity contribution in [1.82, 2.24) is 9.21 Å². The molecule has 1 aromatic rings. The minimum absolute atomic E-state index is 0.00436. The van der Waals surface area contributed by atoms with Gasteiger partial charge < -0.3 is 15.1 Å². The molecule has 8 heteroatoms. The van der Waals surface area contributed by atoms with Crippen molar-refractivity contribution < 1.29 is 17.6 Å². The summed E-state index contributed by atoms with van der Waals surface area (Å²) in [5.74, 6) is 0.0910. The van der Waals surface area contributed by atoms with E-state index >= 15 is 0 Å². The number of likely N-dealkylation sites (tertiary alicyclic amines) is 1. The molecule has 3 rings (SSSR count). The Morgan fingerprint density at radius 3 is 2.58 bits per heavy atom. The summed E-state index contributed by atoms with van der Waals surface area (Å²) in [6.45, 7) is 3.69. The fraction of sp³-hybridized carbons (Fsp3) is 0.688. The maximum absolute atomic E-state index is 12.8. The Kier molecular flexibility index (Phi) is 4.98. The first-order valence-electron chi connectivity index (χ1n) is 8.56. The lowest BCUT2D eigenvalue weighted by Crippen LogP contribution is -2.47. The van der Waals surface area contributed by atoms with Crippen LogP contribution in [0, 0.1) is 6.92 Å². The smallest absolute Gasteiger partial charge is 0.289 e. The molecule has 24 heavy (non-hydrogen) atoms. The topological polar surface area (TPSA) is 96.8 Å². The molecule has 134 valence electrons. The predicted molar refractivity (Wildman–Crippen MR) is 89.2 cm³/mol. The maximum atomic E-state index is 12.8. The second kappa shape index (κ2) is 6.85. The first kappa shape index (κ1) is 17.4. The van der Waals surface area contributed by atoms with Crippen molar-refractivity contribution in [3.05, 3.63) is 17.6 Å². The quantitative estimate of drug-likeness (QED) is 0.879. The van der Waals surface area contributed by atoms with Gasteiger partial charge in [-0.1, -0.05) is 0 Å². The molecule has 2 fully saturated rings. The van der Waals surface area contributed by atoms with Crippen LogP contribution in [0.15, 0.2) is 15.4 Å². The highest BCUT2D eigenvalue weighted by atomic mass is 32.2. The molecule has 0 aromatic carbocycles. The Morgan fingerprint density at radius 1 is 1.25 bits per heavy atom. The summed E-state index contributed by atoms with van der Waals surface area (Å²) in [4.78, 5) is 14.6. The fourth-order valence-corrected chi connectivity index (χ4v) is 5.23. The molecule has 1 atom stereocenters. The van der Waals surface area contributed by atoms with E-state index in [1.165, 1.54) is 10.4 Å². The highest BCUT2D eigenvalue weighted by molar-refractivity contribution is 7.89. The van der Waals surface area contributed by atoms with Gasteiger partial charge in [0.25, 0.3) is 5.91 Å². The van der Waals surface area contributed by atoms with Crippen LogP contribution in [-0.4, -0.2) is 55.8 Å². The average molecular weight is 355 g/mol. The Labute approximate surface area is 142 Å². The SMILES string of the molecule is Cc1oc(C(=O)N2CCCCC2CN)cc1S(=O)(=O)N1CCCC1. The van der Waals surface area contributed by atoms with Gasteiger partial charge in [0.1, 0.15) is 10.7 Å². The normalized spacial score (nSPS) is 22.9. The molecule has 0 radical (unpaired) electrons. The third-order valence-corrected chi connectivity index (χ3v) is 6.93. The van der Waals surface area contributed by atoms with E-state index in [9.17, 15) is 13.2 Å². The summed E-state index contributed by atoms with van der Waals surface area (Å²) in [6, 6.07) is 1.38. The van der Waals surface area contributed by atoms with E-state index in [1.807, 2.05) is 0 Å². The molecular weight excluding hydrogens is 330 g/mol. The first-order valence-corrected chi connectivity index (χ1v) is 10.0. The number of sulfonamides is 1. The second-order valence-electron chi connectivity index (χ2n) is 6.53. The molecule has 0 bridgehead atoms. The molecule has 2 N–H and O–H groups in total. The third-order valence-electron chi connectivity index (χ3n) is 4.93. The molecule has 1 amide bonds. The molecule has 0 aliphatic carbocycles. The van der Waals surface area contributed by atoms with Crippen molar-refractivity contribution in [2.75, 3.05) is 26.2 Å². The van der Waals surface area contributed by atoms with Crippen molar-refractivity contribution >= 4 is 15.9 Å². The zero-order chi connectivity index (χ0) is 17.3. The fourth-order valence-electron chi connectivity index (χ4n) is 3.55. The van der Waals surface area contributed by atoms with E-state index in [2.05, 4.69) is 0 Å². The van der Waals surface area contributed by atoms with Gasteiger partial charge in [0.2, 0.25) is 10.0 Å². The number of carbonyl (C=O) groups is 1. The lowest BCUT2D eigenvalue weighted by atomic mass is 10.0. The Bertz CT molecular complexity index is 707. The van der Waals surface area contributed by atoms with Crippen LogP contribution >= 0.6 is 0 Å². The molecule has 2 aliphatic heterocycles. The summed E-state index contributed by atoms with van der Waals surface area (Å²) < 4.78 is 32.4. The van der Waals surface area contributed by atoms with E-state index in [0.717, 1.165) is 32.1 Å². The number of piperidine rings is 1. The highest BCUT2D eigenvalue weighted by Gasteiger charge is 2.34. The predicted octanol–water partition coefficient (Wildman–Crippen LogP) is 1.33. The molecule has 7 nitrogen and oxygen atoms in total. The number of rotatable bonds is 4. The molecule has 3 heterocycles. The van der Waals surface area contributed by atoms with Crippen molar-refractivity contribution in [1.29, 1.82) is 0 Å². The van der Waals surface area contributed by atoms with Crippen LogP contribution in [0.3, 0.4) is 0 Å². The van der Waals surface area contributed by atoms with E-state index in [4.69, 9.17) is 10.2 Å². The van der Waals surface area contributed by atoms with Crippen LogP contribution in [0.4, 0.5) is 0 Å². The van der Waals surface area contributed by atoms with Crippen LogP contribution < -0.4 is 5.73 Å². The molecule has 0 spiro atoms. The van der Waals surface area contributed by atoms with Gasteiger partial charge in [-0.25, -0.2) is 8.42 Å². The van der Waals surface area contributed by atoms with E-state index in [-0.39, 0.29) is 28.4 Å². The minimum atomic E-state index is -3.59. The van der Waals surface area contributed by atoms with Gasteiger partial charge in [0.15, 0.2) is 5.76 Å². The number of amides is 1. The number of nitrogens with two attached hydrogens (primary N) is 1. The number of nitrogens with zero attached hydrogens (tertiary/aromatic N) is 2. The Balaban J connectivity index is 1.87. The van der Waals surface area contributed by atoms with Crippen LogP contribution in [0.2, 0.25) is 0 Å². The average Bonchev–Trinajstić information content (AvgIpc) is 3.24. The molecule has 2 saturated heterocycles. The van der Waals surface area contributed by atoms with Gasteiger partial charge in [-0.3, -0.25) is 4.79 Å². The number of hydrogen-bond donors (Lipinski definition) is 1. The largest absolute Gasteiger partial charge is 0.455 e. The molecular formula is C16H25N3O4S. The number of furan rings is 1. The van der Waals surface area contributed by atoms with Gasteiger partial charge in [0, 0.05) is 38.3 Å². The Hall–Kier alpha value is -1.38. The van der Waals surface area contributed by atoms with Gasteiger partial charge in [-0.15, -0.1) is 0 Å². The molecule has 0 saturated carbocycles. The summed E-state index contributed by atoms with van der Waals surface area (Å²) in [5, 5.41) is 0. The van der Waals surface area contributed by atoms with Crippen LogP contribution in [0.25, 0.3) is 0 Å². The van der Waals surface area contributed by atoms with Crippen molar-refractivity contribution in [3.63, 3.8) is 0 Å². The highest BCUT2D eigenvalue weighted by Crippen LogP contribution is 2.28. The van der Waals surface area contributed by atoms with E-state index in [0.29, 0.717) is 26.2 Å². The Morgan fingerprint density at radius 2 is 1.92 bits per heavy atom. The van der Waals surface area contributed by atoms with Crippen LogP contribution in [-0.2, 0) is 10.0 Å². The van der Waals surface area contributed by atoms with Crippen molar-refractivity contribution in [2.24, 2.45) is 5.73 Å². The summed E-state index contributed by atoms with van der Waals surface area (Å²) in [5.41, 5.74) is 5.77. The first-order chi connectivity index (χ1) is 11.4. The molecule has 1 unspecified atom stereocenters. The van der Waals surface area contributed by atoms with Gasteiger partial charge in [-0.2, -0.15) is 4.31 Å². The number of hydrogen-bond acceptors (Lipinski definition) is 5. The minimum Gasteiger partial charge on any atom is -0.455 e. The number of aryl methyl sites for hydroxylation is 1. The molecule has 1 aromatic heterocycles. The van der Waals surface area contributed by atoms with E-state index in [1.54, 1.807) is 11.8 Å². The van der Waals surface area contributed by atoms with Crippen molar-refractivity contribution in [3.8, 4) is 0 Å². The van der Waals surface area contributed by atoms with Gasteiger partial charge in [-0.05, 0) is 39.0 Å². The number of carbonyl (C=O) groups excluding carboxylic acids is 1. The van der Waals surface area contributed by atoms with Crippen molar-refractivity contribution in [2.45, 2.75) is 50.0 Å². The van der Waals surface area contributed by atoms with Crippen LogP contribution in [0.5, 0.6) is 0 Å². The zero-order valence-electron chi connectivity index (χ0n) is 14.0. The summed E-state index contributed by atoms with van der Waals surface area (Å²) in [7, 11) is -3.59. The van der Waals surface area contributed by atoms with E-state index < -0.39 is 10.0 Å². The maximum Gasteiger partial charge on any atom is 0.289 e. The summed E-state index contributed by atoms with van der Waals surface area (Å²) in [6.07, 6.45) is 4.60. The standard InChI is InChI=1S/C16H25N3O4S/c1-12-15(24(21,22)18-7-4-5-8-18)10-14(23-12)16(20)19-9-3-2-6-13(19)11-17/h10,13H,2-9,11,17H2,1H3. The van der Waals surface area contributed by atoms with Gasteiger partial charge in [0.05, 0.1) is 0 Å². The monoisotopic (exact) mass is 355 g/mol. The summed E-state index contributed by atoms with van der Waals surface area (Å²) >= 11 is 0. The van der Waals surface area contributed by atoms with Crippen LogP contribution in [0.1, 0.15) is 48.4 Å². The zero-order valence-corrected chi connectivity index (χ0v) is 14.8. The second-order valence-corrected chi connectivity index (χ2v) is 8.43. The van der Waals surface area contributed by atoms with Gasteiger partial charge >= 0.3 is 0 Å². The lowest BCUT2D eigenvalue weighted by molar-refractivity contribution is 0.0589. The molecule has 2 aliphatic rings. The lowest BCUT2D eigenvalue weighted by Gasteiger charge is -2.34.